The number of hydrogen-bond donors (Lipinski definition) is 2. The van der Waals surface area contributed by atoms with Gasteiger partial charge in [-0.25, -0.2) is 4.79 Å². The maximum Gasteiger partial charge on any atom is 0.346 e. The molecule has 4 fully saturated rings. The van der Waals surface area contributed by atoms with Gasteiger partial charge in [0, 0.05) is 6.42 Å². The van der Waals surface area contributed by atoms with E-state index in [4.69, 9.17) is 5.11 Å². The molecule has 4 aliphatic rings. The van der Waals surface area contributed by atoms with Crippen molar-refractivity contribution in [2.24, 2.45) is 16.8 Å². The fourth-order valence-corrected chi connectivity index (χ4v) is 4.51. The maximum absolute atomic E-state index is 10.6. The highest BCUT2D eigenvalue weighted by Gasteiger charge is 2.57. The molecule has 2 N–H and O–H groups in total. The van der Waals surface area contributed by atoms with Crippen LogP contribution in [0.2, 0.25) is 0 Å². The summed E-state index contributed by atoms with van der Waals surface area (Å²) in [5, 5.41) is 19.1. The molecule has 0 aromatic heterocycles. The van der Waals surface area contributed by atoms with Crippen molar-refractivity contribution < 1.29 is 15.0 Å². The van der Waals surface area contributed by atoms with E-state index in [-0.39, 0.29) is 5.54 Å². The van der Waals surface area contributed by atoms with E-state index in [1.165, 1.54) is 6.42 Å². The van der Waals surface area contributed by atoms with Gasteiger partial charge in [0.1, 0.15) is 6.21 Å². The monoisotopic (exact) mass is 223 g/mol. The highest BCUT2D eigenvalue weighted by molar-refractivity contribution is 6.22. The Bertz CT molecular complexity index is 349. The molecule has 0 radical (unpaired) electrons. The molecule has 16 heavy (non-hydrogen) atoms. The van der Waals surface area contributed by atoms with Crippen LogP contribution in [-0.4, -0.2) is 33.5 Å². The Balaban J connectivity index is 1.89. The highest BCUT2D eigenvalue weighted by Crippen LogP contribution is 2.58. The molecule has 4 bridgehead atoms. The minimum atomic E-state index is -0.984. The smallest absolute Gasteiger partial charge is 0.346 e. The van der Waals surface area contributed by atoms with Crippen molar-refractivity contribution >= 4 is 12.2 Å². The lowest BCUT2D eigenvalue weighted by Crippen LogP contribution is -2.58. The normalized spacial score (nSPS) is 50.1. The fraction of sp³-hybridized carbons (Fsp3) is 0.833. The number of aliphatic carboxylic acids is 1. The molecular weight excluding hydrogens is 206 g/mol. The topological polar surface area (TPSA) is 69.9 Å². The molecule has 88 valence electrons. The van der Waals surface area contributed by atoms with Crippen LogP contribution in [0.25, 0.3) is 0 Å². The first-order valence-electron chi connectivity index (χ1n) is 5.99. The third-order valence-corrected chi connectivity index (χ3v) is 4.45. The van der Waals surface area contributed by atoms with Gasteiger partial charge < -0.3 is 10.2 Å². The van der Waals surface area contributed by atoms with Gasteiger partial charge in [0.05, 0.1) is 11.1 Å². The molecule has 0 spiro atoms. The van der Waals surface area contributed by atoms with Crippen molar-refractivity contribution in [3.63, 3.8) is 0 Å². The summed E-state index contributed by atoms with van der Waals surface area (Å²) in [6.07, 6.45) is 6.62. The summed E-state index contributed by atoms with van der Waals surface area (Å²) in [7, 11) is 0. The lowest BCUT2D eigenvalue weighted by atomic mass is 9.51. The minimum Gasteiger partial charge on any atom is -0.477 e. The second kappa shape index (κ2) is 3.06. The van der Waals surface area contributed by atoms with Crippen molar-refractivity contribution in [1.29, 1.82) is 0 Å². The number of carbonyl (C=O) groups is 1. The van der Waals surface area contributed by atoms with Gasteiger partial charge in [0.25, 0.3) is 0 Å². The number of rotatable bonds is 2. The summed E-state index contributed by atoms with van der Waals surface area (Å²) in [4.78, 5) is 14.8. The van der Waals surface area contributed by atoms with E-state index in [1.807, 2.05) is 0 Å². The number of carboxylic acids is 1. The number of nitrogens with zero attached hydrogens (tertiary/aromatic N) is 1. The summed E-state index contributed by atoms with van der Waals surface area (Å²) >= 11 is 0. The Labute approximate surface area is 94.4 Å². The lowest BCUT2D eigenvalue weighted by molar-refractivity contribution is -0.134. The van der Waals surface area contributed by atoms with E-state index < -0.39 is 11.6 Å². The first-order chi connectivity index (χ1) is 7.49. The van der Waals surface area contributed by atoms with Crippen LogP contribution < -0.4 is 0 Å². The van der Waals surface area contributed by atoms with Gasteiger partial charge in [-0.05, 0) is 43.9 Å². The highest BCUT2D eigenvalue weighted by atomic mass is 16.4. The van der Waals surface area contributed by atoms with Crippen LogP contribution in [0.5, 0.6) is 0 Å². The first kappa shape index (κ1) is 10.3. The predicted octanol–water partition coefficient (Wildman–Crippen LogP) is 1.23. The minimum absolute atomic E-state index is 0.267. The van der Waals surface area contributed by atoms with Crippen molar-refractivity contribution in [2.45, 2.75) is 49.7 Å². The SMILES string of the molecule is O=C(O)C=NC12CC3CC(CC(O)(C3)C1)C2. The summed E-state index contributed by atoms with van der Waals surface area (Å²) < 4.78 is 0. The molecule has 4 saturated carbocycles. The number of hydrogen-bond acceptors (Lipinski definition) is 3. The van der Waals surface area contributed by atoms with Crippen molar-refractivity contribution in [3.05, 3.63) is 0 Å². The lowest BCUT2D eigenvalue weighted by Gasteiger charge is -2.58. The first-order valence-corrected chi connectivity index (χ1v) is 5.99. The second-order valence-corrected chi connectivity index (χ2v) is 6.01. The molecule has 0 aromatic carbocycles. The Hall–Kier alpha value is -0.900. The number of aliphatic hydroxyl groups is 1. The van der Waals surface area contributed by atoms with Gasteiger partial charge in [-0.15, -0.1) is 0 Å². The molecule has 4 aliphatic carbocycles. The Morgan fingerprint density at radius 1 is 1.25 bits per heavy atom. The largest absolute Gasteiger partial charge is 0.477 e. The summed E-state index contributed by atoms with van der Waals surface area (Å²) in [5.41, 5.74) is -0.822. The van der Waals surface area contributed by atoms with E-state index in [0.717, 1.165) is 31.9 Å². The molecule has 2 atom stereocenters. The zero-order chi connectivity index (χ0) is 11.4. The van der Waals surface area contributed by atoms with Gasteiger partial charge in [0.15, 0.2) is 0 Å². The van der Waals surface area contributed by atoms with Gasteiger partial charge in [-0.3, -0.25) is 4.99 Å². The van der Waals surface area contributed by atoms with Crippen LogP contribution in [-0.2, 0) is 4.79 Å². The summed E-state index contributed by atoms with van der Waals surface area (Å²) in [6, 6.07) is 0. The maximum atomic E-state index is 10.6. The van der Waals surface area contributed by atoms with Crippen LogP contribution in [0.4, 0.5) is 0 Å². The van der Waals surface area contributed by atoms with Gasteiger partial charge >= 0.3 is 5.97 Å². The molecule has 0 aromatic rings. The molecule has 2 unspecified atom stereocenters. The van der Waals surface area contributed by atoms with E-state index in [9.17, 15) is 9.90 Å². The van der Waals surface area contributed by atoms with Crippen molar-refractivity contribution in [2.75, 3.05) is 0 Å². The zero-order valence-corrected chi connectivity index (χ0v) is 9.22. The molecular formula is C12H17NO3. The van der Waals surface area contributed by atoms with Gasteiger partial charge in [-0.1, -0.05) is 0 Å². The quantitative estimate of drug-likeness (QED) is 0.692. The molecule has 4 nitrogen and oxygen atoms in total. The fourth-order valence-electron chi connectivity index (χ4n) is 4.51. The third kappa shape index (κ3) is 1.56. The third-order valence-electron chi connectivity index (χ3n) is 4.45. The van der Waals surface area contributed by atoms with E-state index in [1.54, 1.807) is 0 Å². The molecule has 4 rings (SSSR count). The summed E-state index contributed by atoms with van der Waals surface area (Å²) in [5.74, 6) is 0.122. The standard InChI is InChI=1S/C12H17NO3/c14-10(15)6-13-11-2-8-1-9(3-11)5-12(16,4-8)7-11/h6,8-9,16H,1-5,7H2,(H,14,15). The van der Waals surface area contributed by atoms with Crippen molar-refractivity contribution in [3.8, 4) is 0 Å². The predicted molar refractivity (Wildman–Crippen MR) is 58.5 cm³/mol. The van der Waals surface area contributed by atoms with Crippen LogP contribution in [0.1, 0.15) is 38.5 Å². The van der Waals surface area contributed by atoms with Gasteiger partial charge in [0.2, 0.25) is 0 Å². The zero-order valence-electron chi connectivity index (χ0n) is 9.22. The van der Waals surface area contributed by atoms with E-state index >= 15 is 0 Å². The van der Waals surface area contributed by atoms with Crippen LogP contribution in [0, 0.1) is 11.8 Å². The van der Waals surface area contributed by atoms with Crippen molar-refractivity contribution in [1.82, 2.24) is 0 Å². The number of carboxylic acid groups (broad SMARTS) is 1. The Morgan fingerprint density at radius 2 is 1.88 bits per heavy atom. The molecule has 0 aliphatic heterocycles. The molecule has 0 saturated heterocycles. The molecule has 4 heteroatoms. The average Bonchev–Trinajstić information content (AvgIpc) is 2.10. The average molecular weight is 223 g/mol. The van der Waals surface area contributed by atoms with Crippen LogP contribution in [0.3, 0.4) is 0 Å². The second-order valence-electron chi connectivity index (χ2n) is 6.01. The number of aliphatic imine (C=N–C) groups is 1. The Kier molecular flexibility index (Phi) is 1.97. The molecule has 0 amide bonds. The Morgan fingerprint density at radius 3 is 2.38 bits per heavy atom. The summed E-state index contributed by atoms with van der Waals surface area (Å²) in [6.45, 7) is 0. The molecule has 0 heterocycles. The van der Waals surface area contributed by atoms with Crippen LogP contribution in [0.15, 0.2) is 4.99 Å². The van der Waals surface area contributed by atoms with Gasteiger partial charge in [-0.2, -0.15) is 0 Å². The van der Waals surface area contributed by atoms with E-state index in [0.29, 0.717) is 18.3 Å². The van der Waals surface area contributed by atoms with Crippen LogP contribution >= 0.6 is 0 Å². The van der Waals surface area contributed by atoms with E-state index in [2.05, 4.69) is 4.99 Å².